The van der Waals surface area contributed by atoms with Gasteiger partial charge in [0.05, 0.1) is 0 Å². The fourth-order valence-corrected chi connectivity index (χ4v) is 12000. The maximum absolute atomic E-state index is 6.71. The molecule has 0 aromatic heterocycles. The number of hydrogen-bond acceptors (Lipinski definition) is 0. The summed E-state index contributed by atoms with van der Waals surface area (Å²) in [5.74, 6) is 0. The summed E-state index contributed by atoms with van der Waals surface area (Å²) < 4.78 is 0. The molecule has 0 aromatic rings. The Morgan fingerprint density at radius 2 is 0.203 bits per heavy atom. The van der Waals surface area contributed by atoms with Gasteiger partial charge in [0.1, 0.15) is 0 Å². The van der Waals surface area contributed by atoms with Crippen LogP contribution in [0.2, 0.25) is 0 Å². The van der Waals surface area contributed by atoms with Crippen molar-refractivity contribution in [1.29, 1.82) is 0 Å². The topological polar surface area (TPSA) is 0 Å². The molecule has 0 saturated heterocycles. The molecule has 0 spiro atoms. The van der Waals surface area contributed by atoms with E-state index >= 15 is 0 Å². The number of rotatable bonds is 30. The molecule has 0 aliphatic carbocycles. The summed E-state index contributed by atoms with van der Waals surface area (Å²) in [6, 6.07) is 0. The van der Waals surface area contributed by atoms with Crippen LogP contribution in [0.25, 0.3) is 0 Å². The van der Waals surface area contributed by atoms with Crippen molar-refractivity contribution in [3.05, 3.63) is 0 Å². The van der Waals surface area contributed by atoms with Crippen LogP contribution in [0.4, 0.5) is 0 Å². The van der Waals surface area contributed by atoms with E-state index in [4.69, 9.17) is 5.70 Å². The van der Waals surface area contributed by atoms with Gasteiger partial charge in [-0.1, -0.05) is 0 Å². The van der Waals surface area contributed by atoms with E-state index in [9.17, 15) is 0 Å². The van der Waals surface area contributed by atoms with Crippen LogP contribution >= 0.6 is 844 Å². The van der Waals surface area contributed by atoms with Crippen molar-refractivity contribution in [3.63, 3.8) is 0 Å². The van der Waals surface area contributed by atoms with Crippen molar-refractivity contribution in [2.75, 3.05) is 0 Å². The first-order valence-corrected chi connectivity index (χ1v) is 400. The fourth-order valence-electron chi connectivity index (χ4n) is 0.903. The average Bonchev–Trinajstić information content (AvgIpc) is 3.28. The summed E-state index contributed by atoms with van der Waals surface area (Å²) in [4.78, 5) is 0. The molecular formula is BI63. The number of hydrogen-bond donors (Lipinski definition) is 0. The van der Waals surface area contributed by atoms with Crippen LogP contribution in [-0.2, 0) is 0 Å². The van der Waals surface area contributed by atoms with Crippen molar-refractivity contribution in [3.8, 4) is 0 Å². The fraction of sp³-hybridized carbons (Fsp3) is 0. The molecule has 0 rings (SSSR count). The van der Waals surface area contributed by atoms with Crippen molar-refractivity contribution < 1.29 is 0 Å². The monoisotopic (exact) mass is 8010 g/mol. The molecule has 0 nitrogen and oxygen atoms in total. The predicted octanol–water partition coefficient (Wildman–Crippen LogP) is 55.4. The second-order valence-electron chi connectivity index (χ2n) is 5.08. The molecule has 0 saturated carbocycles. The van der Waals surface area contributed by atoms with Crippen molar-refractivity contribution in [2.45, 2.75) is 0 Å². The zero-order chi connectivity index (χ0) is 50.9. The van der Waals surface area contributed by atoms with Crippen LogP contribution in [0.1, 0.15) is 0 Å². The van der Waals surface area contributed by atoms with Gasteiger partial charge < -0.3 is 0 Å². The molecule has 2 radical (unpaired) electrons. The minimum absolute atomic E-state index is 0.477. The molecule has 444 valence electrons. The minimum atomic E-state index is -0.986. The molecular weight excluding hydrogens is 8010 g/mol. The summed E-state index contributed by atoms with van der Waals surface area (Å²) in [6.45, 7) is 0. The molecule has 0 aliphatic rings. The van der Waals surface area contributed by atoms with E-state index in [1.165, 1.54) is 0 Å². The Morgan fingerprint density at radius 1 is 0.125 bits per heavy atom. The maximum atomic E-state index is 6.71. The van der Waals surface area contributed by atoms with E-state index in [2.05, 4.69) is 596 Å². The van der Waals surface area contributed by atoms with Crippen molar-refractivity contribution >= 4 is 850 Å². The zero-order valence-corrected chi connectivity index (χ0v) is 160. The van der Waals surface area contributed by atoms with E-state index in [1.54, 1.807) is 0 Å². The molecule has 0 atom stereocenters. The zero-order valence-electron chi connectivity index (χ0n) is 24.4. The summed E-state index contributed by atoms with van der Waals surface area (Å²) >= 11 is 105. The van der Waals surface area contributed by atoms with Gasteiger partial charge in [0, 0.05) is 0 Å². The first kappa shape index (κ1) is 110. The standard InChI is InChI=1S/BI63/c1-34(2)36(5)38(7)40(9)42(11)44(13)46(15)48(17)50(19)52(21)54(23)56(25)58(27)60(29)62(31)64(33)63(32)61(30)59(28)57(26)55(24)53(22)51(20)49(18)47(16)45(14)43(12)41(10)39(8)37(6)35(3)4. The van der Waals surface area contributed by atoms with Gasteiger partial charge in [0.15, 0.2) is 0 Å². The van der Waals surface area contributed by atoms with Gasteiger partial charge in [-0.25, -0.2) is 0 Å². The summed E-state index contributed by atoms with van der Waals surface area (Å²) in [5.41, 5.74) is 6.71. The Kier molecular flexibility index (Phi) is 113. The third kappa shape index (κ3) is 44.9. The average molecular weight is 8010 g/mol. The van der Waals surface area contributed by atoms with Gasteiger partial charge >= 0.3 is 850 Å². The molecule has 0 N–H and O–H groups in total. The van der Waals surface area contributed by atoms with Gasteiger partial charge in [-0.05, 0) is 0 Å². The van der Waals surface area contributed by atoms with Gasteiger partial charge in [0.2, 0.25) is 0 Å². The first-order valence-electron chi connectivity index (χ1n) is 9.08. The van der Waals surface area contributed by atoms with Crippen LogP contribution in [0.3, 0.4) is 0 Å². The van der Waals surface area contributed by atoms with Gasteiger partial charge in [0.25, 0.3) is 0 Å². The van der Waals surface area contributed by atoms with E-state index in [0.717, 1.165) is 0 Å². The van der Waals surface area contributed by atoms with Crippen molar-refractivity contribution in [2.24, 2.45) is 0 Å². The molecule has 64 heavy (non-hydrogen) atoms. The van der Waals surface area contributed by atoms with E-state index in [-0.39, 0.29) is 0 Å². The molecule has 0 aliphatic heterocycles. The third-order valence-electron chi connectivity index (χ3n) is 2.47. The summed E-state index contributed by atoms with van der Waals surface area (Å²) in [5, 5.41) is 0. The Labute approximate surface area is 799 Å². The Balaban J connectivity index is 5.70. The predicted molar refractivity (Wildman–Crippen MR) is 889 cm³/mol. The first-order chi connectivity index (χ1) is 29.1. The van der Waals surface area contributed by atoms with Crippen LogP contribution < -0.4 is 0 Å². The number of halogens is 63. The summed E-state index contributed by atoms with van der Waals surface area (Å²) in [7, 11) is -17.7. The molecule has 0 amide bonds. The van der Waals surface area contributed by atoms with E-state index in [0.29, 0.717) is 0 Å². The van der Waals surface area contributed by atoms with Gasteiger partial charge in [-0.15, -0.1) is 0 Å². The molecule has 0 aromatic carbocycles. The Bertz CT molecular complexity index is 1130. The van der Waals surface area contributed by atoms with Gasteiger partial charge in [-0.2, -0.15) is 0 Å². The SMILES string of the molecule is [B]I(I)I(I)I(I)I(I)I(I)I(I)I(I)I(I)I(I)I(I)I(I)I(I)I(I)I(I)I(I)I(I)I(I)I(I)I(I)I(I)I(I)I(I)I(I)I(I)I(I)I(I)I(I)I(I)I(I)I(I)I(I)I. The van der Waals surface area contributed by atoms with Crippen molar-refractivity contribution in [1.82, 2.24) is 0 Å². The second kappa shape index (κ2) is 65.9. The second-order valence-corrected chi connectivity index (χ2v) is 1490. The van der Waals surface area contributed by atoms with Gasteiger partial charge in [-0.3, -0.25) is 0 Å². The van der Waals surface area contributed by atoms with E-state index < -0.39 is 248 Å². The molecule has 0 bridgehead atoms. The van der Waals surface area contributed by atoms with E-state index in [1.807, 2.05) is 0 Å². The molecule has 0 heterocycles. The molecule has 0 unspecified atom stereocenters. The quantitative estimate of drug-likeness (QED) is 0.0497. The molecule has 0 fully saturated rings. The van der Waals surface area contributed by atoms with Crippen LogP contribution in [0.15, 0.2) is 0 Å². The van der Waals surface area contributed by atoms with Crippen LogP contribution in [0.5, 0.6) is 0 Å². The summed E-state index contributed by atoms with van der Waals surface area (Å²) in [6.07, 6.45) is 0. The third-order valence-corrected chi connectivity index (χ3v) is 4900. The molecule has 64 heteroatoms. The van der Waals surface area contributed by atoms with Crippen LogP contribution in [0, 0.1) is 0 Å². The Morgan fingerprint density at radius 3 is 0.281 bits per heavy atom. The van der Waals surface area contributed by atoms with Crippen LogP contribution in [-0.4, -0.2) is 5.70 Å². The normalized spacial score (nSPS) is 19.0. The Hall–Kier alpha value is 46.1.